The molecule has 4 heterocycles. The number of rotatable bonds is 4. The third kappa shape index (κ3) is 4.71. The Kier molecular flexibility index (Phi) is 6.49. The molecule has 3 aromatic heterocycles. The summed E-state index contributed by atoms with van der Waals surface area (Å²) in [5.74, 6) is 0.354. The van der Waals surface area contributed by atoms with Gasteiger partial charge in [-0.3, -0.25) is 19.3 Å². The molecule has 1 fully saturated rings. The molecule has 0 N–H and O–H groups in total. The third-order valence-corrected chi connectivity index (χ3v) is 5.96. The molecule has 1 saturated heterocycles. The van der Waals surface area contributed by atoms with Gasteiger partial charge < -0.3 is 14.4 Å². The van der Waals surface area contributed by atoms with Gasteiger partial charge in [0.2, 0.25) is 5.88 Å². The Hall–Kier alpha value is -3.56. The SMILES string of the molecule is COc1nccnc1Cn1c(=O)c(C2CCN(C(=O)OC(C)(C)C)CC2)c(C)c2nccnc21. The summed E-state index contributed by atoms with van der Waals surface area (Å²) in [6.07, 6.45) is 7.32. The number of aryl methyl sites for hydroxylation is 1. The van der Waals surface area contributed by atoms with Crippen molar-refractivity contribution in [3.8, 4) is 5.88 Å². The van der Waals surface area contributed by atoms with E-state index in [1.807, 2.05) is 27.7 Å². The van der Waals surface area contributed by atoms with Gasteiger partial charge >= 0.3 is 6.09 Å². The van der Waals surface area contributed by atoms with Crippen LogP contribution in [0.4, 0.5) is 4.79 Å². The summed E-state index contributed by atoms with van der Waals surface area (Å²) in [7, 11) is 1.52. The number of nitrogens with zero attached hydrogens (tertiary/aromatic N) is 6. The normalized spacial score (nSPS) is 14.9. The highest BCUT2D eigenvalue weighted by molar-refractivity contribution is 5.75. The predicted molar refractivity (Wildman–Crippen MR) is 126 cm³/mol. The van der Waals surface area contributed by atoms with E-state index in [1.165, 1.54) is 7.11 Å². The van der Waals surface area contributed by atoms with Crippen LogP contribution in [0.15, 0.2) is 29.6 Å². The summed E-state index contributed by atoms with van der Waals surface area (Å²) in [6.45, 7) is 8.68. The zero-order valence-corrected chi connectivity index (χ0v) is 20.2. The summed E-state index contributed by atoms with van der Waals surface area (Å²) in [6, 6.07) is 0. The van der Waals surface area contributed by atoms with Gasteiger partial charge in [0.1, 0.15) is 16.8 Å². The lowest BCUT2D eigenvalue weighted by Crippen LogP contribution is -2.42. The molecule has 0 bridgehead atoms. The van der Waals surface area contributed by atoms with Crippen molar-refractivity contribution in [1.29, 1.82) is 0 Å². The molecule has 4 rings (SSSR count). The number of methoxy groups -OCH3 is 1. The maximum absolute atomic E-state index is 13.8. The summed E-state index contributed by atoms with van der Waals surface area (Å²) >= 11 is 0. The van der Waals surface area contributed by atoms with Crippen molar-refractivity contribution < 1.29 is 14.3 Å². The molecular formula is C24H30N6O4. The Balaban J connectivity index is 1.69. The van der Waals surface area contributed by atoms with Crippen molar-refractivity contribution >= 4 is 17.3 Å². The van der Waals surface area contributed by atoms with E-state index in [9.17, 15) is 9.59 Å². The Bertz CT molecular complexity index is 1260. The van der Waals surface area contributed by atoms with Gasteiger partial charge in [-0.05, 0) is 52.0 Å². The number of carbonyl (C=O) groups excluding carboxylic acids is 1. The molecular weight excluding hydrogens is 436 g/mol. The minimum atomic E-state index is -0.545. The molecule has 0 radical (unpaired) electrons. The van der Waals surface area contributed by atoms with Gasteiger partial charge in [0.25, 0.3) is 5.56 Å². The number of pyridine rings is 1. The second-order valence-corrected chi connectivity index (χ2v) is 9.41. The highest BCUT2D eigenvalue weighted by atomic mass is 16.6. The minimum Gasteiger partial charge on any atom is -0.480 e. The average molecular weight is 467 g/mol. The fraction of sp³-hybridized carbons (Fsp3) is 0.500. The Labute approximate surface area is 198 Å². The molecule has 3 aromatic rings. The van der Waals surface area contributed by atoms with Crippen LogP contribution >= 0.6 is 0 Å². The van der Waals surface area contributed by atoms with Gasteiger partial charge in [-0.2, -0.15) is 0 Å². The lowest BCUT2D eigenvalue weighted by molar-refractivity contribution is 0.0204. The molecule has 10 nitrogen and oxygen atoms in total. The van der Waals surface area contributed by atoms with Crippen LogP contribution in [0.2, 0.25) is 0 Å². The Morgan fingerprint density at radius 2 is 1.71 bits per heavy atom. The van der Waals surface area contributed by atoms with Gasteiger partial charge in [0.15, 0.2) is 5.65 Å². The van der Waals surface area contributed by atoms with Crippen molar-refractivity contribution in [1.82, 2.24) is 29.4 Å². The molecule has 0 aromatic carbocycles. The number of fused-ring (bicyclic) bond motifs is 1. The van der Waals surface area contributed by atoms with Crippen LogP contribution in [0.1, 0.15) is 56.4 Å². The molecule has 0 saturated carbocycles. The van der Waals surface area contributed by atoms with Gasteiger partial charge in [-0.15, -0.1) is 0 Å². The van der Waals surface area contributed by atoms with Gasteiger partial charge in [0, 0.05) is 43.4 Å². The van der Waals surface area contributed by atoms with Crippen molar-refractivity contribution in [2.45, 2.75) is 58.6 Å². The van der Waals surface area contributed by atoms with Crippen molar-refractivity contribution in [3.63, 3.8) is 0 Å². The van der Waals surface area contributed by atoms with Crippen molar-refractivity contribution in [3.05, 3.63) is 52.0 Å². The van der Waals surface area contributed by atoms with Crippen LogP contribution in [0.3, 0.4) is 0 Å². The monoisotopic (exact) mass is 466 g/mol. The summed E-state index contributed by atoms with van der Waals surface area (Å²) in [4.78, 5) is 45.5. The topological polar surface area (TPSA) is 112 Å². The predicted octanol–water partition coefficient (Wildman–Crippen LogP) is 3.06. The summed E-state index contributed by atoms with van der Waals surface area (Å²) in [5, 5.41) is 0. The van der Waals surface area contributed by atoms with Gasteiger partial charge in [0.05, 0.1) is 13.7 Å². The minimum absolute atomic E-state index is 0.00686. The smallest absolute Gasteiger partial charge is 0.410 e. The quantitative estimate of drug-likeness (QED) is 0.577. The first kappa shape index (κ1) is 23.6. The molecule has 0 atom stereocenters. The molecule has 10 heteroatoms. The number of piperidine rings is 1. The van der Waals surface area contributed by atoms with Gasteiger partial charge in [-0.1, -0.05) is 0 Å². The molecule has 0 aliphatic carbocycles. The van der Waals surface area contributed by atoms with Crippen molar-refractivity contribution in [2.75, 3.05) is 20.2 Å². The second kappa shape index (κ2) is 9.36. The maximum Gasteiger partial charge on any atom is 0.410 e. The Morgan fingerprint density at radius 3 is 2.38 bits per heavy atom. The molecule has 0 spiro atoms. The second-order valence-electron chi connectivity index (χ2n) is 9.41. The summed E-state index contributed by atoms with van der Waals surface area (Å²) in [5.41, 5.74) is 2.56. The van der Waals surface area contributed by atoms with Crippen LogP contribution < -0.4 is 10.3 Å². The van der Waals surface area contributed by atoms with E-state index in [0.717, 1.165) is 5.56 Å². The fourth-order valence-electron chi connectivity index (χ4n) is 4.41. The van der Waals surface area contributed by atoms with E-state index in [0.29, 0.717) is 54.2 Å². The van der Waals surface area contributed by atoms with E-state index in [-0.39, 0.29) is 24.1 Å². The maximum atomic E-state index is 13.8. The molecule has 180 valence electrons. The number of ether oxygens (including phenoxy) is 2. The first-order valence-electron chi connectivity index (χ1n) is 11.4. The zero-order valence-electron chi connectivity index (χ0n) is 20.2. The average Bonchev–Trinajstić information content (AvgIpc) is 2.81. The van der Waals surface area contributed by atoms with Crippen LogP contribution in [-0.2, 0) is 11.3 Å². The van der Waals surface area contributed by atoms with Crippen LogP contribution in [0, 0.1) is 6.92 Å². The highest BCUT2D eigenvalue weighted by Gasteiger charge is 2.31. The van der Waals surface area contributed by atoms with Gasteiger partial charge in [-0.25, -0.2) is 14.8 Å². The van der Waals surface area contributed by atoms with E-state index in [2.05, 4.69) is 19.9 Å². The summed E-state index contributed by atoms with van der Waals surface area (Å²) < 4.78 is 12.4. The highest BCUT2D eigenvalue weighted by Crippen LogP contribution is 2.31. The standard InChI is InChI=1S/C24H30N6O4/c1-15-18(16-6-12-29(13-7-16)23(32)34-24(2,3)4)22(31)30(20-19(15)26-9-10-27-20)14-17-21(33-5)28-11-8-25-17/h8-11,16H,6-7,12-14H2,1-5H3. The lowest BCUT2D eigenvalue weighted by Gasteiger charge is -2.34. The van der Waals surface area contributed by atoms with E-state index in [1.54, 1.807) is 34.3 Å². The first-order valence-corrected chi connectivity index (χ1v) is 11.4. The number of likely N-dealkylation sites (tertiary alicyclic amines) is 1. The molecule has 1 aliphatic rings. The van der Waals surface area contributed by atoms with E-state index < -0.39 is 5.60 Å². The number of amides is 1. The molecule has 1 aliphatic heterocycles. The Morgan fingerprint density at radius 1 is 1.06 bits per heavy atom. The molecule has 0 unspecified atom stereocenters. The lowest BCUT2D eigenvalue weighted by atomic mass is 9.87. The number of hydrogen-bond acceptors (Lipinski definition) is 8. The fourth-order valence-corrected chi connectivity index (χ4v) is 4.41. The van der Waals surface area contributed by atoms with Crippen LogP contribution in [-0.4, -0.2) is 61.3 Å². The first-order chi connectivity index (χ1) is 16.2. The third-order valence-electron chi connectivity index (χ3n) is 5.96. The van der Waals surface area contributed by atoms with E-state index >= 15 is 0 Å². The number of aromatic nitrogens is 5. The number of carbonyl (C=O) groups is 1. The molecule has 34 heavy (non-hydrogen) atoms. The zero-order chi connectivity index (χ0) is 24.5. The van der Waals surface area contributed by atoms with Crippen molar-refractivity contribution in [2.24, 2.45) is 0 Å². The van der Waals surface area contributed by atoms with Crippen LogP contribution in [0.5, 0.6) is 5.88 Å². The largest absolute Gasteiger partial charge is 0.480 e. The van der Waals surface area contributed by atoms with Crippen LogP contribution in [0.25, 0.3) is 11.2 Å². The van der Waals surface area contributed by atoms with E-state index in [4.69, 9.17) is 9.47 Å². The number of hydrogen-bond donors (Lipinski definition) is 0. The molecule has 1 amide bonds.